The van der Waals surface area contributed by atoms with E-state index in [1.165, 1.54) is 23.3 Å². The Labute approximate surface area is 158 Å². The molecule has 1 amide bonds. The Hall–Kier alpha value is -2.58. The number of aromatic nitrogens is 3. The van der Waals surface area contributed by atoms with Crippen molar-refractivity contribution in [1.29, 1.82) is 0 Å². The van der Waals surface area contributed by atoms with E-state index in [9.17, 15) is 4.79 Å². The molecule has 0 aliphatic rings. The van der Waals surface area contributed by atoms with Gasteiger partial charge >= 0.3 is 0 Å². The van der Waals surface area contributed by atoms with E-state index in [1.807, 2.05) is 59.9 Å². The molecule has 0 bridgehead atoms. The van der Waals surface area contributed by atoms with E-state index < -0.39 is 0 Å². The zero-order valence-corrected chi connectivity index (χ0v) is 15.6. The quantitative estimate of drug-likeness (QED) is 0.508. The third kappa shape index (κ3) is 3.38. The maximum atomic E-state index is 12.2. The number of carbonyl (C=O) groups is 1. The summed E-state index contributed by atoms with van der Waals surface area (Å²) in [7, 11) is 0. The number of anilines is 1. The molecule has 132 valence electrons. The molecule has 0 saturated carbocycles. The van der Waals surface area contributed by atoms with Crippen LogP contribution in [0.5, 0.6) is 5.75 Å². The van der Waals surface area contributed by atoms with Gasteiger partial charge in [-0.05, 0) is 43.3 Å². The van der Waals surface area contributed by atoms with Gasteiger partial charge in [0, 0.05) is 17.2 Å². The molecule has 0 radical (unpaired) electrons. The van der Waals surface area contributed by atoms with Gasteiger partial charge in [-0.1, -0.05) is 23.9 Å². The zero-order chi connectivity index (χ0) is 17.9. The topological polar surface area (TPSA) is 68.5 Å². The van der Waals surface area contributed by atoms with Gasteiger partial charge in [-0.25, -0.2) is 4.98 Å². The predicted molar refractivity (Wildman–Crippen MR) is 105 cm³/mol. The van der Waals surface area contributed by atoms with Gasteiger partial charge in [0.1, 0.15) is 5.75 Å². The van der Waals surface area contributed by atoms with Crippen LogP contribution in [-0.2, 0) is 4.79 Å². The summed E-state index contributed by atoms with van der Waals surface area (Å²) in [5, 5.41) is 3.67. The lowest BCUT2D eigenvalue weighted by Gasteiger charge is -2.06. The van der Waals surface area contributed by atoms with Crippen molar-refractivity contribution >= 4 is 50.9 Å². The van der Waals surface area contributed by atoms with Crippen molar-refractivity contribution in [3.05, 3.63) is 48.5 Å². The molecule has 2 heterocycles. The van der Waals surface area contributed by atoms with Crippen molar-refractivity contribution in [2.75, 3.05) is 17.7 Å². The number of hydrogen-bond acceptors (Lipinski definition) is 6. The fraction of sp³-hybridized carbons (Fsp3) is 0.167. The molecule has 8 heteroatoms. The molecule has 4 rings (SSSR count). The number of nitrogens with zero attached hydrogens (tertiary/aromatic N) is 3. The summed E-state index contributed by atoms with van der Waals surface area (Å²) in [5.74, 6) is 0.986. The summed E-state index contributed by atoms with van der Waals surface area (Å²) in [4.78, 5) is 17.6. The normalized spacial score (nSPS) is 11.1. The molecule has 1 N–H and O–H groups in total. The Kier molecular flexibility index (Phi) is 4.77. The minimum Gasteiger partial charge on any atom is -0.494 e. The highest BCUT2D eigenvalue weighted by molar-refractivity contribution is 7.99. The number of amides is 1. The number of imidazole rings is 1. The maximum absolute atomic E-state index is 12.2. The number of para-hydroxylation sites is 2. The number of fused-ring (bicyclic) bond motifs is 3. The zero-order valence-electron chi connectivity index (χ0n) is 14.0. The van der Waals surface area contributed by atoms with Gasteiger partial charge < -0.3 is 10.1 Å². The van der Waals surface area contributed by atoms with Crippen molar-refractivity contribution in [2.45, 2.75) is 12.1 Å². The monoisotopic (exact) mass is 384 g/mol. The number of thioether (sulfide) groups is 1. The molecule has 0 saturated heterocycles. The lowest BCUT2D eigenvalue weighted by Crippen LogP contribution is -2.14. The van der Waals surface area contributed by atoms with Gasteiger partial charge in [-0.15, -0.1) is 0 Å². The minimum atomic E-state index is -0.0790. The Morgan fingerprint density at radius 2 is 2.04 bits per heavy atom. The summed E-state index contributed by atoms with van der Waals surface area (Å²) < 4.78 is 11.8. The van der Waals surface area contributed by atoms with Crippen molar-refractivity contribution in [1.82, 2.24) is 13.8 Å². The maximum Gasteiger partial charge on any atom is 0.234 e. The van der Waals surface area contributed by atoms with Crippen LogP contribution >= 0.6 is 23.3 Å². The van der Waals surface area contributed by atoms with E-state index >= 15 is 0 Å². The third-order valence-electron chi connectivity index (χ3n) is 3.71. The number of nitrogens with one attached hydrogen (secondary N) is 1. The molecule has 0 spiro atoms. The summed E-state index contributed by atoms with van der Waals surface area (Å²) in [6.45, 7) is 2.55. The molecular formula is C18H16N4O2S2. The van der Waals surface area contributed by atoms with Crippen LogP contribution in [0.3, 0.4) is 0 Å². The van der Waals surface area contributed by atoms with Gasteiger partial charge in [0.25, 0.3) is 0 Å². The first kappa shape index (κ1) is 16.9. The first-order valence-electron chi connectivity index (χ1n) is 8.13. The summed E-state index contributed by atoms with van der Waals surface area (Å²) in [6, 6.07) is 15.3. The molecule has 0 atom stereocenters. The van der Waals surface area contributed by atoms with Gasteiger partial charge in [-0.2, -0.15) is 4.37 Å². The van der Waals surface area contributed by atoms with Gasteiger partial charge in [0.15, 0.2) is 5.16 Å². The second-order valence-corrected chi connectivity index (χ2v) is 7.15. The Morgan fingerprint density at radius 1 is 1.23 bits per heavy atom. The highest BCUT2D eigenvalue weighted by Gasteiger charge is 2.14. The average Bonchev–Trinajstić information content (AvgIpc) is 3.21. The highest BCUT2D eigenvalue weighted by atomic mass is 32.2. The van der Waals surface area contributed by atoms with Crippen LogP contribution < -0.4 is 10.1 Å². The summed E-state index contributed by atoms with van der Waals surface area (Å²) in [6.07, 6.45) is 0. The first-order valence-corrected chi connectivity index (χ1v) is 9.89. The number of rotatable bonds is 6. The van der Waals surface area contributed by atoms with E-state index in [-0.39, 0.29) is 11.7 Å². The van der Waals surface area contributed by atoms with Gasteiger partial charge in [-0.3, -0.25) is 9.20 Å². The Morgan fingerprint density at radius 3 is 2.85 bits per heavy atom. The smallest absolute Gasteiger partial charge is 0.234 e. The lowest BCUT2D eigenvalue weighted by atomic mass is 10.3. The van der Waals surface area contributed by atoms with Crippen molar-refractivity contribution in [2.24, 2.45) is 0 Å². The number of benzene rings is 2. The lowest BCUT2D eigenvalue weighted by molar-refractivity contribution is -0.113. The van der Waals surface area contributed by atoms with Crippen LogP contribution in [0.25, 0.3) is 16.0 Å². The van der Waals surface area contributed by atoms with Crippen LogP contribution in [0.2, 0.25) is 0 Å². The Bertz CT molecular complexity index is 1060. The fourth-order valence-electron chi connectivity index (χ4n) is 2.59. The van der Waals surface area contributed by atoms with Crippen LogP contribution in [0.1, 0.15) is 6.92 Å². The average molecular weight is 384 g/mol. The van der Waals surface area contributed by atoms with E-state index in [0.717, 1.165) is 32.6 Å². The predicted octanol–water partition coefficient (Wildman–Crippen LogP) is 4.07. The van der Waals surface area contributed by atoms with Crippen LogP contribution in [-0.4, -0.2) is 32.0 Å². The molecule has 2 aromatic carbocycles. The number of ether oxygens (including phenoxy) is 1. The van der Waals surface area contributed by atoms with Crippen molar-refractivity contribution in [3.63, 3.8) is 0 Å². The molecular weight excluding hydrogens is 368 g/mol. The van der Waals surface area contributed by atoms with Crippen molar-refractivity contribution < 1.29 is 9.53 Å². The largest absolute Gasteiger partial charge is 0.494 e. The van der Waals surface area contributed by atoms with Crippen LogP contribution in [0.15, 0.2) is 53.7 Å². The fourth-order valence-corrected chi connectivity index (χ4v) is 4.26. The van der Waals surface area contributed by atoms with Gasteiger partial charge in [0.2, 0.25) is 10.9 Å². The second-order valence-electron chi connectivity index (χ2n) is 5.48. The van der Waals surface area contributed by atoms with E-state index in [4.69, 9.17) is 4.74 Å². The molecule has 0 fully saturated rings. The van der Waals surface area contributed by atoms with Crippen LogP contribution in [0.4, 0.5) is 5.69 Å². The molecule has 0 unspecified atom stereocenters. The summed E-state index contributed by atoms with van der Waals surface area (Å²) in [5.41, 5.74) is 2.68. The minimum absolute atomic E-state index is 0.0790. The van der Waals surface area contributed by atoms with Crippen molar-refractivity contribution in [3.8, 4) is 5.75 Å². The molecule has 0 aliphatic heterocycles. The second kappa shape index (κ2) is 7.35. The molecule has 0 aliphatic carbocycles. The SMILES string of the molecule is CCOc1ccc(NC(=O)CSc2nsc3nc4ccccc4n23)cc1. The molecule has 6 nitrogen and oxygen atoms in total. The molecule has 2 aromatic heterocycles. The third-order valence-corrected chi connectivity index (χ3v) is 5.46. The summed E-state index contributed by atoms with van der Waals surface area (Å²) >= 11 is 2.74. The van der Waals surface area contributed by atoms with E-state index in [1.54, 1.807) is 0 Å². The van der Waals surface area contributed by atoms with E-state index in [0.29, 0.717) is 6.61 Å². The van der Waals surface area contributed by atoms with Crippen LogP contribution in [0, 0.1) is 0 Å². The number of carbonyl (C=O) groups excluding carboxylic acids is 1. The van der Waals surface area contributed by atoms with Gasteiger partial charge in [0.05, 0.1) is 23.4 Å². The highest BCUT2D eigenvalue weighted by Crippen LogP contribution is 2.27. The standard InChI is InChI=1S/C18H16N4O2S2/c1-2-24-13-9-7-12(8-10-13)19-16(23)11-25-18-21-26-17-20-14-5-3-4-6-15(14)22(17)18/h3-10H,2,11H2,1H3,(H,19,23). The Balaban J connectivity index is 1.43. The first-order chi connectivity index (χ1) is 12.7. The number of hydrogen-bond donors (Lipinski definition) is 1. The molecule has 26 heavy (non-hydrogen) atoms. The van der Waals surface area contributed by atoms with E-state index in [2.05, 4.69) is 14.7 Å². The molecule has 4 aromatic rings.